The molecule has 15 heteroatoms. The van der Waals surface area contributed by atoms with Crippen molar-refractivity contribution in [2.24, 2.45) is 0 Å². The number of rotatable bonds is 6. The van der Waals surface area contributed by atoms with Crippen LogP contribution in [0.5, 0.6) is 34.5 Å². The van der Waals surface area contributed by atoms with E-state index in [1.807, 2.05) is 146 Å². The van der Waals surface area contributed by atoms with E-state index in [0.717, 1.165) is 0 Å². The Morgan fingerprint density at radius 3 is 0.535 bits per heavy atom. The van der Waals surface area contributed by atoms with E-state index >= 15 is 40.0 Å². The summed E-state index contributed by atoms with van der Waals surface area (Å²) < 4.78 is 166. The Hall–Kier alpha value is -11.3. The van der Waals surface area contributed by atoms with E-state index in [4.69, 9.17) is 14.2 Å². The smallest absolute Gasteiger partial charge is 0.179 e. The zero-order chi connectivity index (χ0) is 67.0. The summed E-state index contributed by atoms with van der Waals surface area (Å²) in [6.07, 6.45) is 0. The van der Waals surface area contributed by atoms with Crippen LogP contribution in [0.3, 0.4) is 0 Å². The molecule has 0 saturated carbocycles. The molecular weight excluding hydrogens is 1310 g/mol. The highest BCUT2D eigenvalue weighted by Crippen LogP contribution is 2.60. The van der Waals surface area contributed by atoms with Gasteiger partial charge in [-0.1, -0.05) is 146 Å². The Bertz CT molecular complexity index is 5540. The highest BCUT2D eigenvalue weighted by Gasteiger charge is 2.46. The van der Waals surface area contributed by atoms with Crippen LogP contribution in [0.1, 0.15) is 0 Å². The molecule has 16 aromatic carbocycles. The Morgan fingerprint density at radius 2 is 0.364 bits per heavy atom. The van der Waals surface area contributed by atoms with Crippen LogP contribution in [0.25, 0.3) is 98.0 Å². The fourth-order valence-electron chi connectivity index (χ4n) is 15.7. The average Bonchev–Trinajstić information content (AvgIpc) is 0.706. The summed E-state index contributed by atoms with van der Waals surface area (Å²) in [6.45, 7) is 0. The summed E-state index contributed by atoms with van der Waals surface area (Å²) in [7, 11) is -12.9. The van der Waals surface area contributed by atoms with Crippen LogP contribution >= 0.6 is 21.4 Å². The fourth-order valence-corrected chi connectivity index (χ4v) is 25.6. The van der Waals surface area contributed by atoms with Crippen molar-refractivity contribution in [3.05, 3.63) is 308 Å². The normalized spacial score (nSPS) is 14.4. The maximum Gasteiger partial charge on any atom is 0.179 e. The third-order valence-corrected chi connectivity index (χ3v) is 29.2. The van der Waals surface area contributed by atoms with Crippen molar-refractivity contribution in [1.29, 1.82) is 0 Å². The molecule has 0 N–H and O–H groups in total. The van der Waals surface area contributed by atoms with Gasteiger partial charge in [0.05, 0.1) is 31.8 Å². The summed E-state index contributed by atoms with van der Waals surface area (Å²) in [4.78, 5) is 0. The molecule has 0 unspecified atom stereocenters. The number of halogens is 6. The average molecular weight is 1360 g/mol. The van der Waals surface area contributed by atoms with Crippen molar-refractivity contribution in [1.82, 2.24) is 0 Å². The second kappa shape index (κ2) is 21.6. The molecule has 0 amide bonds. The van der Waals surface area contributed by atoms with Gasteiger partial charge in [0.15, 0.2) is 21.4 Å². The van der Waals surface area contributed by atoms with Gasteiger partial charge in [-0.25, -0.2) is 26.3 Å². The second-order valence-corrected chi connectivity index (χ2v) is 32.9. The quantitative estimate of drug-likeness (QED) is 0.0938. The van der Waals surface area contributed by atoms with Gasteiger partial charge in [0.25, 0.3) is 0 Å². The van der Waals surface area contributed by atoms with Crippen LogP contribution in [0.2, 0.25) is 0 Å². The Labute approximate surface area is 560 Å². The van der Waals surface area contributed by atoms with Crippen LogP contribution in [0.4, 0.5) is 26.3 Å². The minimum atomic E-state index is -4.31. The lowest BCUT2D eigenvalue weighted by molar-refractivity contribution is 0.481. The molecular formula is C84H45F6O6P3. The molecule has 0 aliphatic carbocycles. The molecule has 0 spiro atoms. The third-order valence-electron chi connectivity index (χ3n) is 19.7. The molecule has 3 aliphatic rings. The largest absolute Gasteiger partial charge is 0.456 e. The van der Waals surface area contributed by atoms with Crippen LogP contribution in [-0.4, -0.2) is 0 Å². The molecule has 19 rings (SSSR count). The molecule has 3 aliphatic heterocycles. The molecule has 0 atom stereocenters. The summed E-state index contributed by atoms with van der Waals surface area (Å²) in [5, 5.41) is 8.34. The summed E-state index contributed by atoms with van der Waals surface area (Å²) in [5.74, 6) is -3.02. The standard InChI is InChI=1S/C84H45F6O6P3/c85-49-25-31-67-73(40-49)97(91,74-41-50(86)26-32-68(74)94-67)82-61-19-7-1-13-55(61)79(56-14-2-8-20-62(56)82)46-37-47(80-57-15-3-9-21-63(57)83(64-22-10-4-16-58(64)80)98(92)75-42-51(87)27-33-69(75)95-70-34-28-52(88)43-76(70)98)39-48(38-46)81-59-17-5-11-23-65(59)84(66-24-12-6-18-60(66)81)99(93)77-44-53(89)29-35-71(77)96-72-36-30-54(90)45-78(72)99/h1-45H. The van der Waals surface area contributed by atoms with Gasteiger partial charge in [-0.05, 0) is 225 Å². The highest BCUT2D eigenvalue weighted by atomic mass is 31.2. The van der Waals surface area contributed by atoms with E-state index in [-0.39, 0.29) is 66.3 Å². The molecule has 0 aromatic heterocycles. The van der Waals surface area contributed by atoms with Crippen molar-refractivity contribution in [3.8, 4) is 67.9 Å². The second-order valence-electron chi connectivity index (χ2n) is 25.0. The van der Waals surface area contributed by atoms with Crippen LogP contribution in [0.15, 0.2) is 273 Å². The van der Waals surface area contributed by atoms with Gasteiger partial charge in [-0.2, -0.15) is 0 Å². The van der Waals surface area contributed by atoms with Crippen molar-refractivity contribution < 1.29 is 54.2 Å². The molecule has 0 bridgehead atoms. The Morgan fingerprint density at radius 1 is 0.202 bits per heavy atom. The zero-order valence-electron chi connectivity index (χ0n) is 51.5. The zero-order valence-corrected chi connectivity index (χ0v) is 54.2. The Balaban J connectivity index is 0.961. The number of hydrogen-bond donors (Lipinski definition) is 0. The maximum atomic E-state index is 17.2. The van der Waals surface area contributed by atoms with Gasteiger partial charge in [0, 0.05) is 15.9 Å². The predicted molar refractivity (Wildman–Crippen MR) is 386 cm³/mol. The van der Waals surface area contributed by atoms with Gasteiger partial charge < -0.3 is 27.9 Å². The van der Waals surface area contributed by atoms with Crippen LogP contribution in [-0.2, 0) is 13.7 Å². The van der Waals surface area contributed by atoms with Crippen molar-refractivity contribution in [2.45, 2.75) is 0 Å². The molecule has 16 aromatic rings. The van der Waals surface area contributed by atoms with Gasteiger partial charge in [0.1, 0.15) is 69.4 Å². The molecule has 0 fully saturated rings. The lowest BCUT2D eigenvalue weighted by Crippen LogP contribution is -2.32. The number of ether oxygens (including phenoxy) is 3. The lowest BCUT2D eigenvalue weighted by atomic mass is 9.84. The first-order valence-corrected chi connectivity index (χ1v) is 36.9. The molecule has 3 heterocycles. The first-order valence-electron chi connectivity index (χ1n) is 31.8. The topological polar surface area (TPSA) is 78.9 Å². The Kier molecular flexibility index (Phi) is 12.9. The van der Waals surface area contributed by atoms with Crippen molar-refractivity contribution in [2.75, 3.05) is 0 Å². The molecule has 6 nitrogen and oxygen atoms in total. The number of fused-ring (bicyclic) bond motifs is 12. The first-order chi connectivity index (χ1) is 48.2. The van der Waals surface area contributed by atoms with Gasteiger partial charge in [0.2, 0.25) is 0 Å². The third kappa shape index (κ3) is 8.50. The van der Waals surface area contributed by atoms with Crippen LogP contribution < -0.4 is 62.0 Å². The van der Waals surface area contributed by atoms with E-state index < -0.39 is 56.3 Å². The van der Waals surface area contributed by atoms with Crippen molar-refractivity contribution >= 4 is 134 Å². The van der Waals surface area contributed by atoms with Crippen LogP contribution in [0, 0.1) is 34.9 Å². The summed E-state index contributed by atoms with van der Waals surface area (Å²) >= 11 is 0. The van der Waals surface area contributed by atoms with Gasteiger partial charge in [-0.3, -0.25) is 0 Å². The lowest BCUT2D eigenvalue weighted by Gasteiger charge is -2.32. The molecule has 0 saturated heterocycles. The molecule has 474 valence electrons. The molecule has 99 heavy (non-hydrogen) atoms. The SMILES string of the molecule is O=P1(c2c3ccccc3c(-c3cc(-c4c5ccccc5c(P5(=O)c6cc(F)ccc6Oc6ccc(F)cc65)c5ccccc45)cc(-c4c5ccccc5c(P5(=O)c6cc(F)ccc6Oc6ccc(F)cc65)c5ccccc45)c3)c3ccccc23)c2cc(F)ccc2Oc2ccc(F)cc21. The van der Waals surface area contributed by atoms with E-state index in [9.17, 15) is 0 Å². The van der Waals surface area contributed by atoms with E-state index in [2.05, 4.69) is 18.2 Å². The fraction of sp³-hybridized carbons (Fsp3) is 0. The first kappa shape index (κ1) is 59.1. The number of hydrogen-bond acceptors (Lipinski definition) is 6. The highest BCUT2D eigenvalue weighted by molar-refractivity contribution is 7.87. The predicted octanol–water partition coefficient (Wildman–Crippen LogP) is 19.7. The van der Waals surface area contributed by atoms with E-state index in [1.54, 1.807) is 0 Å². The minimum absolute atomic E-state index is 0.0629. The van der Waals surface area contributed by atoms with Crippen molar-refractivity contribution in [3.63, 3.8) is 0 Å². The monoisotopic (exact) mass is 1360 g/mol. The molecule has 0 radical (unpaired) electrons. The van der Waals surface area contributed by atoms with E-state index in [0.29, 0.717) is 114 Å². The summed E-state index contributed by atoms with van der Waals surface area (Å²) in [5.41, 5.74) is 4.02. The minimum Gasteiger partial charge on any atom is -0.456 e. The number of benzene rings is 16. The summed E-state index contributed by atoms with van der Waals surface area (Å²) in [6, 6.07) is 74.7. The maximum absolute atomic E-state index is 17.2. The van der Waals surface area contributed by atoms with E-state index in [1.165, 1.54) is 109 Å². The van der Waals surface area contributed by atoms with Gasteiger partial charge >= 0.3 is 0 Å². The van der Waals surface area contributed by atoms with Gasteiger partial charge in [-0.15, -0.1) is 0 Å².